The molecule has 0 unspecified atom stereocenters. The Labute approximate surface area is 174 Å². The number of nitrogens with one attached hydrogen (secondary N) is 1. The summed E-state index contributed by atoms with van der Waals surface area (Å²) in [6.07, 6.45) is 2.33. The monoisotopic (exact) mass is 413 g/mol. The van der Waals surface area contributed by atoms with Gasteiger partial charge in [-0.25, -0.2) is 9.18 Å². The smallest absolute Gasteiger partial charge is 0.321 e. The van der Waals surface area contributed by atoms with Crippen LogP contribution in [0.5, 0.6) is 0 Å². The fourth-order valence-electron chi connectivity index (χ4n) is 3.98. The zero-order valence-electron chi connectivity index (χ0n) is 16.4. The summed E-state index contributed by atoms with van der Waals surface area (Å²) in [7, 11) is 0. The van der Waals surface area contributed by atoms with Crippen molar-refractivity contribution in [1.82, 2.24) is 4.90 Å². The molecule has 2 saturated heterocycles. The van der Waals surface area contributed by atoms with E-state index in [1.54, 1.807) is 33.7 Å². The van der Waals surface area contributed by atoms with Gasteiger partial charge in [0.25, 0.3) is 0 Å². The van der Waals surface area contributed by atoms with Crippen LogP contribution in [0.15, 0.2) is 48.5 Å². The molecule has 5 nitrogen and oxygen atoms in total. The van der Waals surface area contributed by atoms with Crippen LogP contribution < -0.4 is 10.2 Å². The third kappa shape index (κ3) is 3.96. The van der Waals surface area contributed by atoms with Crippen LogP contribution in [0.25, 0.3) is 0 Å². The molecule has 2 aromatic carbocycles. The van der Waals surface area contributed by atoms with Crippen LogP contribution in [0.1, 0.15) is 25.3 Å². The van der Waals surface area contributed by atoms with Crippen molar-refractivity contribution < 1.29 is 14.0 Å². The highest BCUT2D eigenvalue weighted by Crippen LogP contribution is 2.46. The maximum Gasteiger partial charge on any atom is 0.321 e. The third-order valence-corrected chi connectivity index (χ3v) is 7.17. The van der Waals surface area contributed by atoms with Crippen LogP contribution in [0.4, 0.5) is 20.6 Å². The molecule has 2 aliphatic rings. The van der Waals surface area contributed by atoms with Gasteiger partial charge in [0.15, 0.2) is 0 Å². The largest absolute Gasteiger partial charge is 0.324 e. The molecule has 0 aliphatic carbocycles. The van der Waals surface area contributed by atoms with E-state index in [9.17, 15) is 14.0 Å². The van der Waals surface area contributed by atoms with Crippen molar-refractivity contribution in [1.29, 1.82) is 0 Å². The summed E-state index contributed by atoms with van der Waals surface area (Å²) in [6.45, 7) is 3.23. The van der Waals surface area contributed by atoms with E-state index < -0.39 is 0 Å². The number of hydrogen-bond donors (Lipinski definition) is 1. The number of aryl methyl sites for hydroxylation is 1. The fraction of sp³-hybridized carbons (Fsp3) is 0.364. The number of hydrogen-bond acceptors (Lipinski definition) is 3. The van der Waals surface area contributed by atoms with Crippen LogP contribution in [0.2, 0.25) is 0 Å². The molecule has 29 heavy (non-hydrogen) atoms. The molecule has 2 fully saturated rings. The Morgan fingerprint density at radius 1 is 1.10 bits per heavy atom. The molecule has 0 atom stereocenters. The maximum atomic E-state index is 13.3. The van der Waals surface area contributed by atoms with Gasteiger partial charge in [-0.1, -0.05) is 19.1 Å². The number of likely N-dealkylation sites (tertiary alicyclic amines) is 1. The van der Waals surface area contributed by atoms with Crippen molar-refractivity contribution in [3.8, 4) is 0 Å². The SMILES string of the molecule is CCc1ccc(NC(=O)N2CCC3(CC2)SCC(=O)N3c2ccc(F)cc2)cc1. The Morgan fingerprint density at radius 3 is 2.38 bits per heavy atom. The lowest BCUT2D eigenvalue weighted by atomic mass is 10.0. The van der Waals surface area contributed by atoms with Gasteiger partial charge in [-0.3, -0.25) is 9.69 Å². The molecule has 152 valence electrons. The summed E-state index contributed by atoms with van der Waals surface area (Å²) in [5.74, 6) is 0.129. The molecule has 0 aromatic heterocycles. The molecular formula is C22H24FN3O2S. The van der Waals surface area contributed by atoms with E-state index in [-0.39, 0.29) is 22.6 Å². The Bertz CT molecular complexity index is 893. The first-order valence-electron chi connectivity index (χ1n) is 9.88. The van der Waals surface area contributed by atoms with E-state index >= 15 is 0 Å². The minimum absolute atomic E-state index is 0.0375. The molecule has 0 radical (unpaired) electrons. The second-order valence-corrected chi connectivity index (χ2v) is 8.75. The number of urea groups is 1. The van der Waals surface area contributed by atoms with Crippen molar-refractivity contribution in [3.05, 3.63) is 59.9 Å². The van der Waals surface area contributed by atoms with Gasteiger partial charge in [0.1, 0.15) is 5.82 Å². The van der Waals surface area contributed by atoms with Crippen molar-refractivity contribution in [2.75, 3.05) is 29.1 Å². The normalized spacial score (nSPS) is 18.3. The van der Waals surface area contributed by atoms with Crippen molar-refractivity contribution >= 4 is 35.1 Å². The number of piperidine rings is 1. The summed E-state index contributed by atoms with van der Waals surface area (Å²) in [6, 6.07) is 13.8. The van der Waals surface area contributed by atoms with Gasteiger partial charge < -0.3 is 10.2 Å². The third-order valence-electron chi connectivity index (χ3n) is 5.65. The second-order valence-electron chi connectivity index (χ2n) is 7.41. The average Bonchev–Trinajstić information content (AvgIpc) is 3.05. The molecule has 4 rings (SSSR count). The molecule has 2 aliphatic heterocycles. The minimum atomic E-state index is -0.367. The van der Waals surface area contributed by atoms with Gasteiger partial charge in [0, 0.05) is 24.5 Å². The summed E-state index contributed by atoms with van der Waals surface area (Å²) >= 11 is 1.63. The molecule has 0 bridgehead atoms. The molecule has 2 heterocycles. The van der Waals surface area contributed by atoms with Gasteiger partial charge in [0.2, 0.25) is 5.91 Å². The molecular weight excluding hydrogens is 389 g/mol. The van der Waals surface area contributed by atoms with E-state index in [0.29, 0.717) is 31.7 Å². The lowest BCUT2D eigenvalue weighted by Crippen LogP contribution is -2.53. The molecule has 3 amide bonds. The Balaban J connectivity index is 1.42. The lowest BCUT2D eigenvalue weighted by Gasteiger charge is -2.43. The second kappa shape index (κ2) is 8.06. The van der Waals surface area contributed by atoms with Gasteiger partial charge in [-0.05, 0) is 61.2 Å². The number of halogens is 1. The molecule has 7 heteroatoms. The minimum Gasteiger partial charge on any atom is -0.324 e. The number of carbonyl (C=O) groups is 2. The van der Waals surface area contributed by atoms with E-state index in [1.165, 1.54) is 17.7 Å². The van der Waals surface area contributed by atoms with Crippen molar-refractivity contribution in [2.45, 2.75) is 31.1 Å². The highest BCUT2D eigenvalue weighted by molar-refractivity contribution is 8.02. The number of rotatable bonds is 3. The number of thioether (sulfide) groups is 1. The average molecular weight is 414 g/mol. The quantitative estimate of drug-likeness (QED) is 0.807. The Morgan fingerprint density at radius 2 is 1.76 bits per heavy atom. The summed E-state index contributed by atoms with van der Waals surface area (Å²) in [5.41, 5.74) is 2.73. The fourth-order valence-corrected chi connectivity index (χ4v) is 5.30. The van der Waals surface area contributed by atoms with Crippen LogP contribution in [0, 0.1) is 5.82 Å². The van der Waals surface area contributed by atoms with Crippen molar-refractivity contribution in [2.24, 2.45) is 0 Å². The number of carbonyl (C=O) groups excluding carboxylic acids is 2. The number of anilines is 2. The number of amides is 3. The summed E-state index contributed by atoms with van der Waals surface area (Å²) in [5, 5.41) is 2.96. The standard InChI is InChI=1S/C22H24FN3O2S/c1-2-16-3-7-18(8-4-16)24-21(28)25-13-11-22(12-14-25)26(20(27)15-29-22)19-9-5-17(23)6-10-19/h3-10H,2,11-15H2,1H3,(H,24,28). The first-order chi connectivity index (χ1) is 14.0. The summed E-state index contributed by atoms with van der Waals surface area (Å²) in [4.78, 5) is 28.5. The number of benzene rings is 2. The van der Waals surface area contributed by atoms with Crippen LogP contribution in [-0.2, 0) is 11.2 Å². The first kappa shape index (κ1) is 19.8. The molecule has 0 saturated carbocycles. The van der Waals surface area contributed by atoms with Gasteiger partial charge >= 0.3 is 6.03 Å². The topological polar surface area (TPSA) is 52.7 Å². The van der Waals surface area contributed by atoms with Gasteiger partial charge in [0.05, 0.1) is 10.6 Å². The highest BCUT2D eigenvalue weighted by Gasteiger charge is 2.49. The van der Waals surface area contributed by atoms with Crippen LogP contribution >= 0.6 is 11.8 Å². The van der Waals surface area contributed by atoms with Gasteiger partial charge in [-0.2, -0.15) is 0 Å². The lowest BCUT2D eigenvalue weighted by molar-refractivity contribution is -0.116. The number of nitrogens with zero attached hydrogens (tertiary/aromatic N) is 2. The molecule has 1 N–H and O–H groups in total. The van der Waals surface area contributed by atoms with E-state index in [4.69, 9.17) is 0 Å². The Kier molecular flexibility index (Phi) is 5.50. The van der Waals surface area contributed by atoms with Crippen LogP contribution in [-0.4, -0.2) is 40.6 Å². The van der Waals surface area contributed by atoms with E-state index in [1.807, 2.05) is 24.3 Å². The summed E-state index contributed by atoms with van der Waals surface area (Å²) < 4.78 is 13.3. The zero-order valence-corrected chi connectivity index (χ0v) is 17.2. The predicted molar refractivity (Wildman–Crippen MR) is 115 cm³/mol. The highest BCUT2D eigenvalue weighted by atomic mass is 32.2. The van der Waals surface area contributed by atoms with E-state index in [0.717, 1.165) is 17.8 Å². The first-order valence-corrected chi connectivity index (χ1v) is 10.9. The predicted octanol–water partition coefficient (Wildman–Crippen LogP) is 4.49. The van der Waals surface area contributed by atoms with Gasteiger partial charge in [-0.15, -0.1) is 11.8 Å². The van der Waals surface area contributed by atoms with Crippen molar-refractivity contribution in [3.63, 3.8) is 0 Å². The maximum absolute atomic E-state index is 13.3. The van der Waals surface area contributed by atoms with Crippen LogP contribution in [0.3, 0.4) is 0 Å². The molecule has 2 aromatic rings. The Hall–Kier alpha value is -2.54. The van der Waals surface area contributed by atoms with E-state index in [2.05, 4.69) is 12.2 Å². The zero-order chi connectivity index (χ0) is 20.4. The molecule has 1 spiro atoms.